The Hall–Kier alpha value is -0.260. The molecule has 2 fully saturated rings. The number of carbonyl (C=O) groups excluding carboxylic acids is 1. The lowest BCUT2D eigenvalue weighted by molar-refractivity contribution is -0.147. The molecule has 0 bridgehead atoms. The van der Waals surface area contributed by atoms with E-state index in [-0.39, 0.29) is 5.97 Å². The smallest absolute Gasteiger partial charge is 0.326 e. The summed E-state index contributed by atoms with van der Waals surface area (Å²) in [4.78, 5) is 11.9. The number of nitrogens with one attached hydrogen (secondary N) is 1. The van der Waals surface area contributed by atoms with Crippen LogP contribution in [0.2, 0.25) is 0 Å². The molecule has 1 aliphatic heterocycles. The van der Waals surface area contributed by atoms with Gasteiger partial charge in [-0.2, -0.15) is 11.8 Å². The molecule has 2 unspecified atom stereocenters. The van der Waals surface area contributed by atoms with Crippen LogP contribution in [0, 0.1) is 0 Å². The van der Waals surface area contributed by atoms with Crippen molar-refractivity contribution >= 4 is 17.7 Å². The van der Waals surface area contributed by atoms with Crippen molar-refractivity contribution in [1.29, 1.82) is 0 Å². The van der Waals surface area contributed by atoms with Gasteiger partial charge in [0.2, 0.25) is 0 Å². The summed E-state index contributed by atoms with van der Waals surface area (Å²) < 4.78 is 10.5. The van der Waals surface area contributed by atoms with Crippen LogP contribution in [0.15, 0.2) is 0 Å². The molecule has 1 saturated carbocycles. The summed E-state index contributed by atoms with van der Waals surface area (Å²) in [5.41, 5.74) is -0.556. The Balaban J connectivity index is 1.78. The maximum absolute atomic E-state index is 11.9. The van der Waals surface area contributed by atoms with Gasteiger partial charge in [-0.05, 0) is 32.6 Å². The van der Waals surface area contributed by atoms with Crippen LogP contribution in [0.25, 0.3) is 0 Å². The summed E-state index contributed by atoms with van der Waals surface area (Å²) in [6, 6.07) is 0.498. The van der Waals surface area contributed by atoms with Gasteiger partial charge in [-0.3, -0.25) is 10.1 Å². The van der Waals surface area contributed by atoms with Crippen LogP contribution >= 0.6 is 11.8 Å². The van der Waals surface area contributed by atoms with E-state index in [0.717, 1.165) is 24.5 Å². The number of methoxy groups -OCH3 is 1. The Morgan fingerprint density at radius 1 is 1.50 bits per heavy atom. The lowest BCUT2D eigenvalue weighted by Gasteiger charge is -2.28. The second kappa shape index (κ2) is 6.26. The number of thioether (sulfide) groups is 1. The summed E-state index contributed by atoms with van der Waals surface area (Å²) in [6.07, 6.45) is 5.03. The molecule has 2 aliphatic rings. The van der Waals surface area contributed by atoms with E-state index >= 15 is 0 Å². The molecule has 0 aromatic rings. The predicted molar refractivity (Wildman–Crippen MR) is 72.9 cm³/mol. The normalized spacial score (nSPS) is 26.9. The third-order valence-electron chi connectivity index (χ3n) is 3.45. The van der Waals surface area contributed by atoms with Crippen molar-refractivity contribution in [3.8, 4) is 0 Å². The zero-order valence-electron chi connectivity index (χ0n) is 11.2. The standard InChI is InChI=1S/C13H23NO3S/c1-13(12(15)16-2,14-10-5-6-10)9-18-8-11-4-3-7-17-11/h10-11,14H,3-9H2,1-2H3. The topological polar surface area (TPSA) is 47.6 Å². The summed E-state index contributed by atoms with van der Waals surface area (Å²) in [5.74, 6) is 1.56. The van der Waals surface area contributed by atoms with E-state index in [1.165, 1.54) is 26.4 Å². The summed E-state index contributed by atoms with van der Waals surface area (Å²) in [7, 11) is 1.46. The molecule has 0 aromatic carbocycles. The van der Waals surface area contributed by atoms with Gasteiger partial charge >= 0.3 is 5.97 Å². The fraction of sp³-hybridized carbons (Fsp3) is 0.923. The number of esters is 1. The minimum absolute atomic E-state index is 0.158. The van der Waals surface area contributed by atoms with Crippen molar-refractivity contribution in [1.82, 2.24) is 5.32 Å². The van der Waals surface area contributed by atoms with Crippen LogP contribution in [0.3, 0.4) is 0 Å². The highest BCUT2D eigenvalue weighted by Gasteiger charge is 2.39. The Morgan fingerprint density at radius 2 is 2.28 bits per heavy atom. The SMILES string of the molecule is COC(=O)C(C)(CSCC1CCCO1)NC1CC1. The molecule has 4 nitrogen and oxygen atoms in total. The molecule has 5 heteroatoms. The molecule has 0 spiro atoms. The maximum atomic E-state index is 11.9. The van der Waals surface area contributed by atoms with Crippen LogP contribution in [0.5, 0.6) is 0 Å². The van der Waals surface area contributed by atoms with Gasteiger partial charge in [0, 0.05) is 24.2 Å². The van der Waals surface area contributed by atoms with Gasteiger partial charge in [-0.25, -0.2) is 0 Å². The van der Waals surface area contributed by atoms with E-state index in [4.69, 9.17) is 9.47 Å². The number of ether oxygens (including phenoxy) is 2. The fourth-order valence-corrected chi connectivity index (χ4v) is 3.49. The van der Waals surface area contributed by atoms with Crippen LogP contribution in [-0.4, -0.2) is 48.9 Å². The van der Waals surface area contributed by atoms with Gasteiger partial charge in [0.1, 0.15) is 5.54 Å². The molecular weight excluding hydrogens is 250 g/mol. The molecule has 0 aromatic heterocycles. The van der Waals surface area contributed by atoms with Crippen molar-refractivity contribution < 1.29 is 14.3 Å². The van der Waals surface area contributed by atoms with Gasteiger partial charge < -0.3 is 9.47 Å². The molecule has 1 N–H and O–H groups in total. The van der Waals surface area contributed by atoms with Crippen molar-refractivity contribution in [2.45, 2.75) is 50.3 Å². The first-order chi connectivity index (χ1) is 8.64. The molecule has 1 heterocycles. The second-order valence-corrected chi connectivity index (χ2v) is 6.42. The lowest BCUT2D eigenvalue weighted by atomic mass is 10.1. The van der Waals surface area contributed by atoms with Crippen LogP contribution < -0.4 is 5.32 Å². The predicted octanol–water partition coefficient (Wildman–Crippen LogP) is 1.58. The van der Waals surface area contributed by atoms with Crippen molar-refractivity contribution in [2.24, 2.45) is 0 Å². The molecule has 1 saturated heterocycles. The highest BCUT2D eigenvalue weighted by molar-refractivity contribution is 7.99. The highest BCUT2D eigenvalue weighted by atomic mass is 32.2. The van der Waals surface area contributed by atoms with Crippen LogP contribution in [0.1, 0.15) is 32.6 Å². The van der Waals surface area contributed by atoms with E-state index in [0.29, 0.717) is 12.1 Å². The van der Waals surface area contributed by atoms with E-state index in [1.807, 2.05) is 6.92 Å². The van der Waals surface area contributed by atoms with Crippen molar-refractivity contribution in [3.63, 3.8) is 0 Å². The van der Waals surface area contributed by atoms with Crippen molar-refractivity contribution in [2.75, 3.05) is 25.2 Å². The van der Waals surface area contributed by atoms with E-state index < -0.39 is 5.54 Å². The molecule has 0 amide bonds. The Bertz CT molecular complexity index is 290. The minimum Gasteiger partial charge on any atom is -0.468 e. The summed E-state index contributed by atoms with van der Waals surface area (Å²) in [6.45, 7) is 2.83. The first-order valence-corrected chi connectivity index (χ1v) is 7.85. The highest BCUT2D eigenvalue weighted by Crippen LogP contribution is 2.26. The molecule has 2 atom stereocenters. The van der Waals surface area contributed by atoms with Gasteiger partial charge in [0.25, 0.3) is 0 Å². The van der Waals surface area contributed by atoms with E-state index in [2.05, 4.69) is 5.32 Å². The Morgan fingerprint density at radius 3 is 2.83 bits per heavy atom. The maximum Gasteiger partial charge on any atom is 0.326 e. The number of hydrogen-bond donors (Lipinski definition) is 1. The average molecular weight is 273 g/mol. The zero-order valence-corrected chi connectivity index (χ0v) is 12.1. The largest absolute Gasteiger partial charge is 0.468 e. The molecule has 104 valence electrons. The molecule has 18 heavy (non-hydrogen) atoms. The summed E-state index contributed by atoms with van der Waals surface area (Å²) >= 11 is 1.78. The molecule has 0 radical (unpaired) electrons. The quantitative estimate of drug-likeness (QED) is 0.714. The number of carbonyl (C=O) groups is 1. The number of rotatable bonds is 7. The Labute approximate surface area is 113 Å². The van der Waals surface area contributed by atoms with Gasteiger partial charge in [0.15, 0.2) is 0 Å². The first-order valence-electron chi connectivity index (χ1n) is 6.69. The monoisotopic (exact) mass is 273 g/mol. The van der Waals surface area contributed by atoms with Crippen molar-refractivity contribution in [3.05, 3.63) is 0 Å². The second-order valence-electron chi connectivity index (χ2n) is 5.39. The van der Waals surface area contributed by atoms with Gasteiger partial charge in [-0.15, -0.1) is 0 Å². The Kier molecular flexibility index (Phi) is 4.92. The minimum atomic E-state index is -0.556. The average Bonchev–Trinajstić information content (AvgIpc) is 3.01. The van der Waals surface area contributed by atoms with Crippen LogP contribution in [-0.2, 0) is 14.3 Å². The molecular formula is C13H23NO3S. The third kappa shape index (κ3) is 3.87. The van der Waals surface area contributed by atoms with E-state index in [9.17, 15) is 4.79 Å². The zero-order chi connectivity index (χ0) is 13.0. The van der Waals surface area contributed by atoms with E-state index in [1.54, 1.807) is 11.8 Å². The lowest BCUT2D eigenvalue weighted by Crippen LogP contribution is -2.53. The van der Waals surface area contributed by atoms with Gasteiger partial charge in [0.05, 0.1) is 13.2 Å². The molecule has 2 rings (SSSR count). The molecule has 1 aliphatic carbocycles. The van der Waals surface area contributed by atoms with Gasteiger partial charge in [-0.1, -0.05) is 0 Å². The number of hydrogen-bond acceptors (Lipinski definition) is 5. The van der Waals surface area contributed by atoms with Crippen LogP contribution in [0.4, 0.5) is 0 Å². The first kappa shape index (κ1) is 14.2. The summed E-state index contributed by atoms with van der Waals surface area (Å²) in [5, 5.41) is 3.41. The third-order valence-corrected chi connectivity index (χ3v) is 4.84. The fourth-order valence-electron chi connectivity index (χ4n) is 2.23.